The summed E-state index contributed by atoms with van der Waals surface area (Å²) in [6.07, 6.45) is 1.96. The molecule has 0 spiro atoms. The van der Waals surface area contributed by atoms with E-state index in [4.69, 9.17) is 14.2 Å². The van der Waals surface area contributed by atoms with Crippen LogP contribution in [0.5, 0.6) is 11.5 Å². The number of hydrogen-bond donors (Lipinski definition) is 1. The second kappa shape index (κ2) is 12.1. The monoisotopic (exact) mass is 539 g/mol. The highest BCUT2D eigenvalue weighted by Crippen LogP contribution is 2.35. The van der Waals surface area contributed by atoms with Gasteiger partial charge >= 0.3 is 0 Å². The number of ether oxygens (including phenoxy) is 3. The highest BCUT2D eigenvalue weighted by atomic mass is 127. The molecule has 3 rings (SSSR count). The van der Waals surface area contributed by atoms with E-state index in [1.807, 2.05) is 31.3 Å². The fourth-order valence-electron chi connectivity index (χ4n) is 3.99. The number of methoxy groups -OCH3 is 2. The summed E-state index contributed by atoms with van der Waals surface area (Å²) in [5, 5.41) is 3.61. The first-order chi connectivity index (χ1) is 14.6. The zero-order valence-electron chi connectivity index (χ0n) is 18.9. The molecule has 0 aliphatic carbocycles. The van der Waals surface area contributed by atoms with Crippen LogP contribution in [0.1, 0.15) is 24.0 Å². The van der Waals surface area contributed by atoms with Crippen LogP contribution in [-0.4, -0.2) is 58.9 Å². The third-order valence-electron chi connectivity index (χ3n) is 5.89. The van der Waals surface area contributed by atoms with Gasteiger partial charge in [-0.05, 0) is 48.2 Å². The van der Waals surface area contributed by atoms with Crippen LogP contribution >= 0.6 is 24.0 Å². The van der Waals surface area contributed by atoms with Crippen LogP contribution in [0, 0.1) is 0 Å². The molecule has 1 N–H and O–H groups in total. The highest BCUT2D eigenvalue weighted by Gasteiger charge is 2.35. The van der Waals surface area contributed by atoms with Gasteiger partial charge in [0.25, 0.3) is 0 Å². The van der Waals surface area contributed by atoms with Gasteiger partial charge in [-0.15, -0.1) is 24.0 Å². The van der Waals surface area contributed by atoms with E-state index in [1.165, 1.54) is 11.1 Å². The Morgan fingerprint density at radius 3 is 2.06 bits per heavy atom. The summed E-state index contributed by atoms with van der Waals surface area (Å²) in [4.78, 5) is 6.65. The molecule has 0 radical (unpaired) electrons. The first kappa shape index (κ1) is 25.3. The molecule has 2 aromatic rings. The van der Waals surface area contributed by atoms with Gasteiger partial charge in [0.2, 0.25) is 0 Å². The minimum Gasteiger partial charge on any atom is -0.497 e. The molecule has 2 aromatic carbocycles. The Morgan fingerprint density at radius 1 is 1.00 bits per heavy atom. The summed E-state index contributed by atoms with van der Waals surface area (Å²) in [6, 6.07) is 16.6. The lowest BCUT2D eigenvalue weighted by atomic mass is 9.74. The molecular formula is C24H34IN3O3. The van der Waals surface area contributed by atoms with E-state index in [-0.39, 0.29) is 29.4 Å². The Kier molecular flexibility index (Phi) is 9.90. The average Bonchev–Trinajstić information content (AvgIpc) is 2.80. The van der Waals surface area contributed by atoms with Crippen molar-refractivity contribution in [3.63, 3.8) is 0 Å². The average molecular weight is 539 g/mol. The molecule has 1 aliphatic rings. The molecule has 0 atom stereocenters. The lowest BCUT2D eigenvalue weighted by Gasteiger charge is -2.39. The van der Waals surface area contributed by atoms with Crippen molar-refractivity contribution in [1.29, 1.82) is 0 Å². The van der Waals surface area contributed by atoms with Gasteiger partial charge < -0.3 is 24.4 Å². The van der Waals surface area contributed by atoms with Gasteiger partial charge in [-0.2, -0.15) is 0 Å². The van der Waals surface area contributed by atoms with Gasteiger partial charge in [0.1, 0.15) is 11.5 Å². The predicted octanol–water partition coefficient (Wildman–Crippen LogP) is 4.08. The number of guanidine groups is 1. The fourth-order valence-corrected chi connectivity index (χ4v) is 3.99. The van der Waals surface area contributed by atoms with Gasteiger partial charge in [0, 0.05) is 45.8 Å². The maximum Gasteiger partial charge on any atom is 0.193 e. The number of aliphatic imine (C=N–C) groups is 1. The van der Waals surface area contributed by atoms with Crippen LogP contribution < -0.4 is 14.8 Å². The topological polar surface area (TPSA) is 55.3 Å². The van der Waals surface area contributed by atoms with Crippen LogP contribution in [0.15, 0.2) is 53.5 Å². The molecule has 1 fully saturated rings. The molecule has 31 heavy (non-hydrogen) atoms. The smallest absolute Gasteiger partial charge is 0.193 e. The van der Waals surface area contributed by atoms with E-state index >= 15 is 0 Å². The Balaban J connectivity index is 0.00000341. The Labute approximate surface area is 203 Å². The van der Waals surface area contributed by atoms with Crippen molar-refractivity contribution < 1.29 is 14.2 Å². The van der Waals surface area contributed by atoms with Crippen molar-refractivity contribution in [1.82, 2.24) is 10.2 Å². The van der Waals surface area contributed by atoms with E-state index in [2.05, 4.69) is 46.5 Å². The van der Waals surface area contributed by atoms with E-state index in [9.17, 15) is 0 Å². The third kappa shape index (κ3) is 6.49. The number of nitrogens with zero attached hydrogens (tertiary/aromatic N) is 2. The molecule has 0 bridgehead atoms. The second-order valence-corrected chi connectivity index (χ2v) is 7.73. The SMILES string of the molecule is CN=C(NCC1(c2ccc(OC)cc2)CCOCC1)N(C)Cc1ccc(OC)cc1.I. The first-order valence-electron chi connectivity index (χ1n) is 10.4. The largest absolute Gasteiger partial charge is 0.497 e. The van der Waals surface area contributed by atoms with Crippen molar-refractivity contribution >= 4 is 29.9 Å². The quantitative estimate of drug-likeness (QED) is 0.327. The minimum atomic E-state index is 0. The molecule has 6 nitrogen and oxygen atoms in total. The Hall–Kier alpha value is -2.00. The van der Waals surface area contributed by atoms with Gasteiger partial charge in [-0.1, -0.05) is 24.3 Å². The Bertz CT molecular complexity index is 819. The van der Waals surface area contributed by atoms with Crippen molar-refractivity contribution in [3.05, 3.63) is 59.7 Å². The summed E-state index contributed by atoms with van der Waals surface area (Å²) in [5.41, 5.74) is 2.53. The molecule has 1 saturated heterocycles. The van der Waals surface area contributed by atoms with Gasteiger partial charge in [0.05, 0.1) is 14.2 Å². The maximum absolute atomic E-state index is 5.67. The third-order valence-corrected chi connectivity index (χ3v) is 5.89. The number of halogens is 1. The summed E-state index contributed by atoms with van der Waals surface area (Å²) in [5.74, 6) is 2.62. The first-order valence-corrected chi connectivity index (χ1v) is 10.4. The van der Waals surface area contributed by atoms with Gasteiger partial charge in [-0.3, -0.25) is 4.99 Å². The number of nitrogens with one attached hydrogen (secondary N) is 1. The molecule has 170 valence electrons. The van der Waals surface area contributed by atoms with Crippen LogP contribution in [0.4, 0.5) is 0 Å². The van der Waals surface area contributed by atoms with Crippen molar-refractivity contribution in [2.45, 2.75) is 24.8 Å². The Morgan fingerprint density at radius 2 is 1.55 bits per heavy atom. The zero-order chi connectivity index (χ0) is 21.4. The van der Waals surface area contributed by atoms with E-state index < -0.39 is 0 Å². The zero-order valence-corrected chi connectivity index (χ0v) is 21.2. The highest BCUT2D eigenvalue weighted by molar-refractivity contribution is 14.0. The number of benzene rings is 2. The predicted molar refractivity (Wildman–Crippen MR) is 136 cm³/mol. The normalized spacial score (nSPS) is 15.5. The minimum absolute atomic E-state index is 0. The second-order valence-electron chi connectivity index (χ2n) is 7.73. The maximum atomic E-state index is 5.67. The number of hydrogen-bond acceptors (Lipinski definition) is 4. The van der Waals surface area contributed by atoms with Crippen molar-refractivity contribution in [2.75, 3.05) is 48.1 Å². The summed E-state index contributed by atoms with van der Waals surface area (Å²) in [6.45, 7) is 3.12. The molecule has 0 amide bonds. The lowest BCUT2D eigenvalue weighted by Crippen LogP contribution is -2.48. The summed E-state index contributed by atoms with van der Waals surface area (Å²) < 4.78 is 16.2. The van der Waals surface area contributed by atoms with Crippen molar-refractivity contribution in [2.24, 2.45) is 4.99 Å². The molecule has 1 heterocycles. The molecule has 1 aliphatic heterocycles. The lowest BCUT2D eigenvalue weighted by molar-refractivity contribution is 0.0512. The molecule has 7 heteroatoms. The summed E-state index contributed by atoms with van der Waals surface area (Å²) >= 11 is 0. The number of rotatable bonds is 7. The molecule has 0 unspecified atom stereocenters. The molecule has 0 saturated carbocycles. The van der Waals surface area contributed by atoms with Crippen LogP contribution in [0.3, 0.4) is 0 Å². The summed E-state index contributed by atoms with van der Waals surface area (Å²) in [7, 11) is 7.27. The van der Waals surface area contributed by atoms with Crippen LogP contribution in [0.2, 0.25) is 0 Å². The van der Waals surface area contributed by atoms with Crippen molar-refractivity contribution in [3.8, 4) is 11.5 Å². The van der Waals surface area contributed by atoms with E-state index in [1.54, 1.807) is 14.2 Å². The molecule has 0 aromatic heterocycles. The van der Waals surface area contributed by atoms with Gasteiger partial charge in [-0.25, -0.2) is 0 Å². The van der Waals surface area contributed by atoms with Gasteiger partial charge in [0.15, 0.2) is 5.96 Å². The van der Waals surface area contributed by atoms with Crippen LogP contribution in [0.25, 0.3) is 0 Å². The fraction of sp³-hybridized carbons (Fsp3) is 0.458. The molecular weight excluding hydrogens is 505 g/mol. The van der Waals surface area contributed by atoms with Crippen LogP contribution in [-0.2, 0) is 16.7 Å². The standard InChI is InChI=1S/C24H33N3O3.HI/c1-25-23(27(2)17-19-5-9-21(28-3)10-6-19)26-18-24(13-15-30-16-14-24)20-7-11-22(29-4)12-8-20;/h5-12H,13-18H2,1-4H3,(H,25,26);1H. The van der Waals surface area contributed by atoms with E-state index in [0.717, 1.165) is 56.6 Å². The van der Waals surface area contributed by atoms with E-state index in [0.29, 0.717) is 0 Å².